The van der Waals surface area contributed by atoms with E-state index in [9.17, 15) is 0 Å². The van der Waals surface area contributed by atoms with Gasteiger partial charge in [-0.05, 0) is 24.3 Å². The Labute approximate surface area is 130 Å². The fraction of sp³-hybridized carbons (Fsp3) is 0.400. The molecule has 0 aromatic heterocycles. The molecule has 1 rings (SSSR count). The quantitative estimate of drug-likeness (QED) is 0.678. The number of halogens is 4. The zero-order valence-electron chi connectivity index (χ0n) is 9.32. The van der Waals surface area contributed by atoms with Gasteiger partial charge in [-0.1, -0.05) is 15.9 Å². The van der Waals surface area contributed by atoms with Crippen LogP contribution in [-0.2, 0) is 0 Å². The molecule has 0 radical (unpaired) electrons. The van der Waals surface area contributed by atoms with E-state index in [1.165, 1.54) is 0 Å². The number of benzene rings is 1. The van der Waals surface area contributed by atoms with E-state index in [2.05, 4.69) is 26.6 Å². The van der Waals surface area contributed by atoms with E-state index in [1.54, 1.807) is 0 Å². The van der Waals surface area contributed by atoms with Crippen molar-refractivity contribution in [1.29, 1.82) is 0 Å². The number of hydrogen-bond donors (Lipinski definition) is 3. The first-order valence-corrected chi connectivity index (χ1v) is 5.52. The Bertz CT molecular complexity index is 259. The third-order valence-corrected chi connectivity index (χ3v) is 2.32. The van der Waals surface area contributed by atoms with Crippen LogP contribution < -0.4 is 16.4 Å². The fourth-order valence-electron chi connectivity index (χ4n) is 1.09. The van der Waals surface area contributed by atoms with Crippen molar-refractivity contribution in [2.45, 2.75) is 0 Å². The van der Waals surface area contributed by atoms with Gasteiger partial charge in [-0.25, -0.2) is 0 Å². The monoisotopic (exact) mass is 365 g/mol. The first-order valence-electron chi connectivity index (χ1n) is 4.73. The summed E-state index contributed by atoms with van der Waals surface area (Å²) in [6, 6.07) is 8.14. The van der Waals surface area contributed by atoms with Crippen molar-refractivity contribution in [3.05, 3.63) is 28.7 Å². The van der Waals surface area contributed by atoms with Crippen LogP contribution in [0.15, 0.2) is 28.7 Å². The molecule has 102 valence electrons. The summed E-state index contributed by atoms with van der Waals surface area (Å²) < 4.78 is 1.10. The van der Waals surface area contributed by atoms with Crippen LogP contribution in [0.2, 0.25) is 0 Å². The van der Waals surface area contributed by atoms with Crippen LogP contribution in [0.5, 0.6) is 0 Å². The van der Waals surface area contributed by atoms with Crippen molar-refractivity contribution in [3.8, 4) is 0 Å². The predicted molar refractivity (Wildman–Crippen MR) is 86.3 cm³/mol. The maximum atomic E-state index is 5.35. The van der Waals surface area contributed by atoms with E-state index in [4.69, 9.17) is 5.73 Å². The summed E-state index contributed by atoms with van der Waals surface area (Å²) in [5.74, 6) is 0. The molecule has 1 aromatic rings. The van der Waals surface area contributed by atoms with Crippen molar-refractivity contribution in [3.63, 3.8) is 0 Å². The highest BCUT2D eigenvalue weighted by molar-refractivity contribution is 9.10. The Morgan fingerprint density at radius 3 is 2.06 bits per heavy atom. The number of nitrogens with one attached hydrogen (secondary N) is 2. The molecule has 0 aliphatic rings. The first-order chi connectivity index (χ1) is 6.83. The molecule has 0 saturated carbocycles. The second kappa shape index (κ2) is 14.4. The maximum Gasteiger partial charge on any atom is 0.0341 e. The predicted octanol–water partition coefficient (Wildman–Crippen LogP) is 2.67. The molecule has 3 nitrogen and oxygen atoms in total. The van der Waals surface area contributed by atoms with Crippen molar-refractivity contribution in [2.24, 2.45) is 5.73 Å². The zero-order valence-corrected chi connectivity index (χ0v) is 13.4. The minimum absolute atomic E-state index is 0. The molecule has 0 unspecified atom stereocenters. The van der Waals surface area contributed by atoms with E-state index < -0.39 is 0 Å². The van der Waals surface area contributed by atoms with Gasteiger partial charge in [0.05, 0.1) is 0 Å². The Kier molecular flexibility index (Phi) is 19.0. The van der Waals surface area contributed by atoms with Crippen LogP contribution in [0.4, 0.5) is 5.69 Å². The van der Waals surface area contributed by atoms with Crippen LogP contribution in [0.1, 0.15) is 0 Å². The molecule has 0 spiro atoms. The molecule has 0 aliphatic heterocycles. The van der Waals surface area contributed by atoms with Gasteiger partial charge in [0.15, 0.2) is 0 Å². The fourth-order valence-corrected chi connectivity index (χ4v) is 1.35. The summed E-state index contributed by atoms with van der Waals surface area (Å²) in [6.07, 6.45) is 0. The smallest absolute Gasteiger partial charge is 0.0341 e. The zero-order chi connectivity index (χ0) is 10.2. The van der Waals surface area contributed by atoms with E-state index in [0.717, 1.165) is 29.8 Å². The van der Waals surface area contributed by atoms with Gasteiger partial charge < -0.3 is 16.4 Å². The molecule has 17 heavy (non-hydrogen) atoms. The average molecular weight is 368 g/mol. The summed E-state index contributed by atoms with van der Waals surface area (Å²) in [4.78, 5) is 0. The molecule has 0 saturated heterocycles. The third kappa shape index (κ3) is 11.1. The lowest BCUT2D eigenvalue weighted by Gasteiger charge is -2.06. The van der Waals surface area contributed by atoms with Crippen LogP contribution in [0, 0.1) is 0 Å². The molecular weight excluding hydrogens is 348 g/mol. The molecule has 0 amide bonds. The van der Waals surface area contributed by atoms with Gasteiger partial charge in [0, 0.05) is 36.3 Å². The van der Waals surface area contributed by atoms with Crippen molar-refractivity contribution in [1.82, 2.24) is 5.32 Å². The number of anilines is 1. The Balaban J connectivity index is -0.000000653. The Hall–Kier alpha value is 0.290. The van der Waals surface area contributed by atoms with E-state index in [-0.39, 0.29) is 37.2 Å². The number of rotatable bonds is 6. The normalized spacial score (nSPS) is 8.35. The molecule has 4 N–H and O–H groups in total. The summed E-state index contributed by atoms with van der Waals surface area (Å²) in [7, 11) is 0. The van der Waals surface area contributed by atoms with Crippen LogP contribution >= 0.6 is 53.2 Å². The van der Waals surface area contributed by atoms with Gasteiger partial charge in [0.1, 0.15) is 0 Å². The molecular formula is C10H19BrCl3N3. The molecule has 0 atom stereocenters. The summed E-state index contributed by atoms with van der Waals surface area (Å²) >= 11 is 3.39. The van der Waals surface area contributed by atoms with Crippen molar-refractivity contribution in [2.75, 3.05) is 31.5 Å². The van der Waals surface area contributed by atoms with E-state index in [0.29, 0.717) is 6.54 Å². The maximum absolute atomic E-state index is 5.35. The molecule has 1 aromatic carbocycles. The van der Waals surface area contributed by atoms with Crippen LogP contribution in [0.3, 0.4) is 0 Å². The lowest BCUT2D eigenvalue weighted by atomic mass is 10.3. The first kappa shape index (κ1) is 22.5. The third-order valence-electron chi connectivity index (χ3n) is 1.80. The molecule has 0 heterocycles. The molecule has 7 heteroatoms. The Morgan fingerprint density at radius 1 is 0.941 bits per heavy atom. The largest absolute Gasteiger partial charge is 0.384 e. The van der Waals surface area contributed by atoms with Crippen molar-refractivity contribution < 1.29 is 0 Å². The molecule has 0 aliphatic carbocycles. The number of hydrogen-bond acceptors (Lipinski definition) is 3. The lowest BCUT2D eigenvalue weighted by Crippen LogP contribution is -2.27. The minimum Gasteiger partial charge on any atom is -0.384 e. The van der Waals surface area contributed by atoms with Gasteiger partial charge in [-0.2, -0.15) is 0 Å². The highest BCUT2D eigenvalue weighted by Crippen LogP contribution is 2.13. The molecule has 0 bridgehead atoms. The highest BCUT2D eigenvalue weighted by atomic mass is 79.9. The van der Waals surface area contributed by atoms with Crippen LogP contribution in [0.25, 0.3) is 0 Å². The molecule has 0 fully saturated rings. The van der Waals surface area contributed by atoms with Gasteiger partial charge in [-0.3, -0.25) is 0 Å². The topological polar surface area (TPSA) is 50.1 Å². The van der Waals surface area contributed by atoms with Gasteiger partial charge in [0.25, 0.3) is 0 Å². The van der Waals surface area contributed by atoms with Crippen molar-refractivity contribution >= 4 is 58.8 Å². The second-order valence-corrected chi connectivity index (χ2v) is 3.89. The van der Waals surface area contributed by atoms with E-state index in [1.807, 2.05) is 24.3 Å². The second-order valence-electron chi connectivity index (χ2n) is 2.97. The highest BCUT2D eigenvalue weighted by Gasteiger charge is 1.90. The minimum atomic E-state index is 0. The summed E-state index contributed by atoms with van der Waals surface area (Å²) in [5, 5.41) is 6.53. The standard InChI is InChI=1S/C10H16BrN3.3ClH/c11-9-1-3-10(4-2-9)14-8-7-13-6-5-12;;;/h1-4,13-14H,5-8,12H2;3*1H. The lowest BCUT2D eigenvalue weighted by molar-refractivity contribution is 0.707. The van der Waals surface area contributed by atoms with Gasteiger partial charge in [-0.15, -0.1) is 37.2 Å². The van der Waals surface area contributed by atoms with Gasteiger partial charge in [0.2, 0.25) is 0 Å². The van der Waals surface area contributed by atoms with Crippen LogP contribution in [-0.4, -0.2) is 26.2 Å². The Morgan fingerprint density at radius 2 is 1.53 bits per heavy atom. The van der Waals surface area contributed by atoms with Gasteiger partial charge >= 0.3 is 0 Å². The van der Waals surface area contributed by atoms with E-state index >= 15 is 0 Å². The SMILES string of the molecule is Cl.Cl.Cl.NCCNCCNc1ccc(Br)cc1. The summed E-state index contributed by atoms with van der Waals surface area (Å²) in [6.45, 7) is 3.43. The number of nitrogens with two attached hydrogens (primary N) is 1. The average Bonchev–Trinajstić information content (AvgIpc) is 2.21. The summed E-state index contributed by atoms with van der Waals surface area (Å²) in [5.41, 5.74) is 6.49.